The second kappa shape index (κ2) is 3.60. The van der Waals surface area contributed by atoms with E-state index in [-0.39, 0.29) is 6.42 Å². The minimum Gasteiger partial charge on any atom is -0.481 e. The molecule has 4 nitrogen and oxygen atoms in total. The summed E-state index contributed by atoms with van der Waals surface area (Å²) in [7, 11) is 1.78. The van der Waals surface area contributed by atoms with E-state index in [1.807, 2.05) is 13.8 Å². The molecule has 0 aromatic carbocycles. The Hall–Kier alpha value is -1.32. The molecule has 72 valence electrons. The molecule has 1 aromatic heterocycles. The summed E-state index contributed by atoms with van der Waals surface area (Å²) in [5.41, 5.74) is 2.79. The number of aromatic nitrogens is 2. The van der Waals surface area contributed by atoms with Gasteiger partial charge in [0.2, 0.25) is 0 Å². The fourth-order valence-corrected chi connectivity index (χ4v) is 1.45. The van der Waals surface area contributed by atoms with Gasteiger partial charge in [-0.2, -0.15) is 5.10 Å². The van der Waals surface area contributed by atoms with Crippen LogP contribution >= 0.6 is 0 Å². The van der Waals surface area contributed by atoms with Gasteiger partial charge in [0.05, 0.1) is 17.8 Å². The largest absolute Gasteiger partial charge is 0.481 e. The molecule has 0 aliphatic carbocycles. The third-order valence-corrected chi connectivity index (χ3v) is 2.18. The zero-order chi connectivity index (χ0) is 10.0. The zero-order valence-electron chi connectivity index (χ0n) is 8.16. The lowest BCUT2D eigenvalue weighted by molar-refractivity contribution is -0.136. The number of aryl methyl sites for hydroxylation is 2. The van der Waals surface area contributed by atoms with Crippen molar-refractivity contribution in [2.45, 2.75) is 26.7 Å². The molecule has 0 radical (unpaired) electrons. The summed E-state index contributed by atoms with van der Waals surface area (Å²) in [5, 5.41) is 12.9. The number of aliphatic carboxylic acids is 1. The van der Waals surface area contributed by atoms with Gasteiger partial charge in [-0.1, -0.05) is 6.92 Å². The van der Waals surface area contributed by atoms with Crippen molar-refractivity contribution in [3.8, 4) is 0 Å². The van der Waals surface area contributed by atoms with Gasteiger partial charge in [0.25, 0.3) is 0 Å². The first kappa shape index (κ1) is 9.77. The lowest BCUT2D eigenvalue weighted by Crippen LogP contribution is -2.06. The molecule has 0 atom stereocenters. The van der Waals surface area contributed by atoms with Crippen molar-refractivity contribution in [3.05, 3.63) is 17.0 Å². The molecule has 0 fully saturated rings. The molecule has 0 saturated carbocycles. The summed E-state index contributed by atoms with van der Waals surface area (Å²) in [6.45, 7) is 3.93. The first-order valence-corrected chi connectivity index (χ1v) is 4.29. The van der Waals surface area contributed by atoms with Crippen LogP contribution < -0.4 is 0 Å². The maximum absolute atomic E-state index is 10.5. The van der Waals surface area contributed by atoms with Crippen LogP contribution in [-0.4, -0.2) is 20.9 Å². The van der Waals surface area contributed by atoms with Crippen LogP contribution in [-0.2, 0) is 24.7 Å². The lowest BCUT2D eigenvalue weighted by atomic mass is 10.1. The van der Waals surface area contributed by atoms with Crippen molar-refractivity contribution in [1.29, 1.82) is 0 Å². The summed E-state index contributed by atoms with van der Waals surface area (Å²) >= 11 is 0. The molecule has 0 bridgehead atoms. The van der Waals surface area contributed by atoms with Crippen molar-refractivity contribution < 1.29 is 9.90 Å². The van der Waals surface area contributed by atoms with E-state index in [0.29, 0.717) is 0 Å². The van der Waals surface area contributed by atoms with E-state index in [1.165, 1.54) is 0 Å². The molecule has 1 heterocycles. The molecule has 0 aliphatic heterocycles. The van der Waals surface area contributed by atoms with E-state index in [4.69, 9.17) is 5.11 Å². The number of nitrogens with zero attached hydrogens (tertiary/aromatic N) is 2. The highest BCUT2D eigenvalue weighted by Crippen LogP contribution is 2.13. The van der Waals surface area contributed by atoms with E-state index in [2.05, 4.69) is 5.10 Å². The predicted molar refractivity (Wildman–Crippen MR) is 48.7 cm³/mol. The van der Waals surface area contributed by atoms with E-state index in [1.54, 1.807) is 11.7 Å². The summed E-state index contributed by atoms with van der Waals surface area (Å²) < 4.78 is 1.66. The summed E-state index contributed by atoms with van der Waals surface area (Å²) in [6.07, 6.45) is 0.897. The normalized spacial score (nSPS) is 10.4. The van der Waals surface area contributed by atoms with Gasteiger partial charge in [-0.25, -0.2) is 0 Å². The number of hydrogen-bond acceptors (Lipinski definition) is 2. The van der Waals surface area contributed by atoms with Crippen LogP contribution in [0.4, 0.5) is 0 Å². The topological polar surface area (TPSA) is 55.1 Å². The van der Waals surface area contributed by atoms with Crippen molar-refractivity contribution in [1.82, 2.24) is 9.78 Å². The minimum atomic E-state index is -0.811. The Morgan fingerprint density at radius 3 is 2.62 bits per heavy atom. The first-order valence-electron chi connectivity index (χ1n) is 4.29. The first-order chi connectivity index (χ1) is 6.06. The van der Waals surface area contributed by atoms with Gasteiger partial charge in [-0.05, 0) is 18.9 Å². The number of carbonyl (C=O) groups is 1. The van der Waals surface area contributed by atoms with Crippen molar-refractivity contribution in [2.24, 2.45) is 7.05 Å². The van der Waals surface area contributed by atoms with Gasteiger partial charge in [-0.3, -0.25) is 9.48 Å². The highest BCUT2D eigenvalue weighted by Gasteiger charge is 2.13. The molecule has 1 N–H and O–H groups in total. The molecule has 0 unspecified atom stereocenters. The van der Waals surface area contributed by atoms with Gasteiger partial charge in [0.15, 0.2) is 0 Å². The van der Waals surface area contributed by atoms with Crippen LogP contribution in [0.2, 0.25) is 0 Å². The van der Waals surface area contributed by atoms with Crippen LogP contribution in [0.5, 0.6) is 0 Å². The second-order valence-electron chi connectivity index (χ2n) is 3.07. The highest BCUT2D eigenvalue weighted by molar-refractivity contribution is 5.70. The Morgan fingerprint density at radius 2 is 2.23 bits per heavy atom. The van der Waals surface area contributed by atoms with Crippen LogP contribution in [0.3, 0.4) is 0 Å². The summed E-state index contributed by atoms with van der Waals surface area (Å²) in [5.74, 6) is -0.811. The standard InChI is InChI=1S/C9H14N2O2/c1-4-7-6(2)8(5-9(12)13)11(3)10-7/h4-5H2,1-3H3,(H,12,13). The number of rotatable bonds is 3. The van der Waals surface area contributed by atoms with Gasteiger partial charge in [0, 0.05) is 7.05 Å². The molecule has 0 saturated heterocycles. The van der Waals surface area contributed by atoms with Crippen molar-refractivity contribution in [3.63, 3.8) is 0 Å². The molecule has 1 rings (SSSR count). The average Bonchev–Trinajstić information content (AvgIpc) is 2.31. The third kappa shape index (κ3) is 1.88. The Bertz CT molecular complexity index is 329. The maximum atomic E-state index is 10.5. The fraction of sp³-hybridized carbons (Fsp3) is 0.556. The predicted octanol–water partition coefficient (Wildman–Crippen LogP) is 0.918. The quantitative estimate of drug-likeness (QED) is 0.756. The Morgan fingerprint density at radius 1 is 1.62 bits per heavy atom. The number of carboxylic acid groups (broad SMARTS) is 1. The summed E-state index contributed by atoms with van der Waals surface area (Å²) in [6, 6.07) is 0. The molecule has 1 aromatic rings. The molecular weight excluding hydrogens is 168 g/mol. The second-order valence-corrected chi connectivity index (χ2v) is 3.07. The highest BCUT2D eigenvalue weighted by atomic mass is 16.4. The van der Waals surface area contributed by atoms with E-state index in [0.717, 1.165) is 23.4 Å². The van der Waals surface area contributed by atoms with Crippen LogP contribution in [0.1, 0.15) is 23.9 Å². The van der Waals surface area contributed by atoms with Crippen molar-refractivity contribution in [2.75, 3.05) is 0 Å². The monoisotopic (exact) mass is 182 g/mol. The SMILES string of the molecule is CCc1nn(C)c(CC(=O)O)c1C. The maximum Gasteiger partial charge on any atom is 0.309 e. The molecular formula is C9H14N2O2. The van der Waals surface area contributed by atoms with E-state index < -0.39 is 5.97 Å². The Labute approximate surface area is 77.2 Å². The van der Waals surface area contributed by atoms with E-state index >= 15 is 0 Å². The van der Waals surface area contributed by atoms with Gasteiger partial charge >= 0.3 is 5.97 Å². The van der Waals surface area contributed by atoms with Crippen LogP contribution in [0.25, 0.3) is 0 Å². The number of carboxylic acids is 1. The minimum absolute atomic E-state index is 0.0509. The van der Waals surface area contributed by atoms with Crippen LogP contribution in [0.15, 0.2) is 0 Å². The third-order valence-electron chi connectivity index (χ3n) is 2.18. The lowest BCUT2D eigenvalue weighted by Gasteiger charge is -1.98. The smallest absolute Gasteiger partial charge is 0.309 e. The fourth-order valence-electron chi connectivity index (χ4n) is 1.45. The zero-order valence-corrected chi connectivity index (χ0v) is 8.16. The van der Waals surface area contributed by atoms with Gasteiger partial charge in [0.1, 0.15) is 0 Å². The Balaban J connectivity index is 3.05. The van der Waals surface area contributed by atoms with Crippen molar-refractivity contribution >= 4 is 5.97 Å². The molecule has 0 aliphatic rings. The number of hydrogen-bond donors (Lipinski definition) is 1. The average molecular weight is 182 g/mol. The molecule has 0 spiro atoms. The van der Waals surface area contributed by atoms with Gasteiger partial charge in [-0.15, -0.1) is 0 Å². The Kier molecular flexibility index (Phi) is 2.70. The van der Waals surface area contributed by atoms with Crippen LogP contribution in [0, 0.1) is 6.92 Å². The van der Waals surface area contributed by atoms with E-state index in [9.17, 15) is 4.79 Å². The summed E-state index contributed by atoms with van der Waals surface area (Å²) in [4.78, 5) is 10.5. The molecule has 0 amide bonds. The molecule has 13 heavy (non-hydrogen) atoms. The molecule has 4 heteroatoms. The van der Waals surface area contributed by atoms with Gasteiger partial charge < -0.3 is 5.11 Å².